The van der Waals surface area contributed by atoms with E-state index < -0.39 is 0 Å². The van der Waals surface area contributed by atoms with Crippen LogP contribution in [0.5, 0.6) is 0 Å². The summed E-state index contributed by atoms with van der Waals surface area (Å²) in [7, 11) is 3.25. The van der Waals surface area contributed by atoms with Crippen molar-refractivity contribution in [2.24, 2.45) is 17.3 Å². The fraction of sp³-hybridized carbons (Fsp3) is 0.810. The van der Waals surface area contributed by atoms with Gasteiger partial charge < -0.3 is 9.84 Å². The second-order valence-electron chi connectivity index (χ2n) is 8.12. The predicted octanol–water partition coefficient (Wildman–Crippen LogP) is 5.27. The lowest BCUT2D eigenvalue weighted by molar-refractivity contribution is 0.146. The molecule has 3 unspecified atom stereocenters. The van der Waals surface area contributed by atoms with E-state index in [2.05, 4.69) is 30.7 Å². The van der Waals surface area contributed by atoms with Crippen molar-refractivity contribution in [3.05, 3.63) is 23.3 Å². The summed E-state index contributed by atoms with van der Waals surface area (Å²) in [5, 5.41) is 9.78. The minimum absolute atomic E-state index is 0.0866. The molecular formula is C21H36O2. The van der Waals surface area contributed by atoms with Crippen LogP contribution in [0.15, 0.2) is 23.3 Å². The molecule has 0 radical (unpaired) electrons. The Kier molecular flexibility index (Phi) is 6.91. The van der Waals surface area contributed by atoms with E-state index in [0.717, 1.165) is 31.1 Å². The third-order valence-corrected chi connectivity index (χ3v) is 6.50. The molecule has 3 aliphatic rings. The highest BCUT2D eigenvalue weighted by atomic mass is 16.4. The highest BCUT2D eigenvalue weighted by Gasteiger charge is 2.46. The van der Waals surface area contributed by atoms with E-state index >= 15 is 0 Å². The van der Waals surface area contributed by atoms with Gasteiger partial charge in [-0.3, -0.25) is 0 Å². The monoisotopic (exact) mass is 320 g/mol. The van der Waals surface area contributed by atoms with Gasteiger partial charge in [0, 0.05) is 14.2 Å². The van der Waals surface area contributed by atoms with Crippen molar-refractivity contribution in [3.8, 4) is 0 Å². The number of ether oxygens (including phenoxy) is 1. The number of methoxy groups -OCH3 is 1. The highest BCUT2D eigenvalue weighted by Crippen LogP contribution is 2.57. The Morgan fingerprint density at radius 2 is 1.83 bits per heavy atom. The number of hydrogen-bond acceptors (Lipinski definition) is 2. The summed E-state index contributed by atoms with van der Waals surface area (Å²) < 4.78 is 4.25. The standard InChI is InChI=1S/C19H30O.C2H6O/c1-14-8-11-18-16(6-4-12-19(14,18)2)10-9-15-5-3-7-17(20)13-15;1-3-2/h9-10,14,17-18,20H,3-8,11-13H2,1-2H3;1-2H3/b15-9-,16-10+;/t14?,17-,18?,19?;/m0./s1. The zero-order valence-corrected chi connectivity index (χ0v) is 15.6. The quantitative estimate of drug-likeness (QED) is 0.713. The molecule has 132 valence electrons. The zero-order chi connectivity index (χ0) is 16.9. The molecule has 3 fully saturated rings. The van der Waals surface area contributed by atoms with Crippen molar-refractivity contribution in [1.29, 1.82) is 0 Å². The Morgan fingerprint density at radius 3 is 2.52 bits per heavy atom. The number of rotatable bonds is 1. The summed E-state index contributed by atoms with van der Waals surface area (Å²) in [4.78, 5) is 0. The Labute approximate surface area is 143 Å². The zero-order valence-electron chi connectivity index (χ0n) is 15.6. The Morgan fingerprint density at radius 1 is 1.09 bits per heavy atom. The first-order valence-electron chi connectivity index (χ1n) is 9.48. The predicted molar refractivity (Wildman–Crippen MR) is 97.4 cm³/mol. The lowest BCUT2D eigenvalue weighted by Gasteiger charge is -2.41. The molecule has 0 aliphatic heterocycles. The van der Waals surface area contributed by atoms with E-state index in [4.69, 9.17) is 0 Å². The van der Waals surface area contributed by atoms with Crippen LogP contribution in [0.1, 0.15) is 71.6 Å². The lowest BCUT2D eigenvalue weighted by Crippen LogP contribution is -2.31. The van der Waals surface area contributed by atoms with E-state index in [1.807, 2.05) is 0 Å². The van der Waals surface area contributed by atoms with Crippen LogP contribution in [0, 0.1) is 17.3 Å². The highest BCUT2D eigenvalue weighted by molar-refractivity contribution is 5.25. The summed E-state index contributed by atoms with van der Waals surface area (Å²) in [6.07, 6.45) is 15.9. The van der Waals surface area contributed by atoms with Crippen molar-refractivity contribution in [2.45, 2.75) is 77.7 Å². The minimum Gasteiger partial charge on any atom is -0.393 e. The molecule has 0 heterocycles. The first-order chi connectivity index (χ1) is 11.0. The average molecular weight is 321 g/mol. The number of aliphatic hydroxyl groups excluding tert-OH is 1. The van der Waals surface area contributed by atoms with Gasteiger partial charge in [0.15, 0.2) is 0 Å². The van der Waals surface area contributed by atoms with Gasteiger partial charge in [0.1, 0.15) is 0 Å². The van der Waals surface area contributed by atoms with E-state index in [0.29, 0.717) is 5.41 Å². The average Bonchev–Trinajstić information content (AvgIpc) is 2.82. The van der Waals surface area contributed by atoms with Crippen LogP contribution < -0.4 is 0 Å². The summed E-state index contributed by atoms with van der Waals surface area (Å²) in [6, 6.07) is 0. The normalized spacial score (nSPS) is 40.7. The van der Waals surface area contributed by atoms with Crippen molar-refractivity contribution in [2.75, 3.05) is 14.2 Å². The Balaban J connectivity index is 0.000000595. The molecule has 3 aliphatic carbocycles. The van der Waals surface area contributed by atoms with Gasteiger partial charge in [-0.15, -0.1) is 0 Å². The van der Waals surface area contributed by atoms with E-state index in [1.165, 1.54) is 44.1 Å². The molecule has 0 bridgehead atoms. The van der Waals surface area contributed by atoms with Gasteiger partial charge >= 0.3 is 0 Å². The topological polar surface area (TPSA) is 29.5 Å². The molecule has 0 aromatic rings. The van der Waals surface area contributed by atoms with Gasteiger partial charge in [-0.05, 0) is 75.0 Å². The molecule has 2 heteroatoms. The maximum Gasteiger partial charge on any atom is 0.0577 e. The molecule has 4 atom stereocenters. The van der Waals surface area contributed by atoms with Crippen LogP contribution in [0.25, 0.3) is 0 Å². The van der Waals surface area contributed by atoms with Crippen LogP contribution in [0.2, 0.25) is 0 Å². The number of fused-ring (bicyclic) bond motifs is 1. The molecule has 3 rings (SSSR count). The van der Waals surface area contributed by atoms with Crippen LogP contribution in [0.4, 0.5) is 0 Å². The molecule has 1 N–H and O–H groups in total. The number of hydrogen-bond donors (Lipinski definition) is 1. The summed E-state index contributed by atoms with van der Waals surface area (Å²) in [5.74, 6) is 1.72. The molecule has 23 heavy (non-hydrogen) atoms. The number of allylic oxidation sites excluding steroid dienone is 3. The lowest BCUT2D eigenvalue weighted by atomic mass is 9.64. The SMILES string of the molecule is CC1CCC2/C(=C/C=C3/CCC[C@H](O)C3)CCCC12C.COC. The van der Waals surface area contributed by atoms with Gasteiger partial charge in [0.25, 0.3) is 0 Å². The fourth-order valence-electron chi connectivity index (χ4n) is 4.94. The van der Waals surface area contributed by atoms with E-state index in [-0.39, 0.29) is 6.10 Å². The van der Waals surface area contributed by atoms with E-state index in [1.54, 1.807) is 19.8 Å². The molecule has 3 saturated carbocycles. The van der Waals surface area contributed by atoms with Gasteiger partial charge in [-0.1, -0.05) is 37.1 Å². The van der Waals surface area contributed by atoms with Crippen LogP contribution >= 0.6 is 0 Å². The first kappa shape index (κ1) is 18.7. The molecule has 0 amide bonds. The molecule has 0 spiro atoms. The van der Waals surface area contributed by atoms with Crippen LogP contribution in [0.3, 0.4) is 0 Å². The van der Waals surface area contributed by atoms with Crippen molar-refractivity contribution < 1.29 is 9.84 Å². The summed E-state index contributed by atoms with van der Waals surface area (Å²) in [6.45, 7) is 4.98. The molecule has 2 nitrogen and oxygen atoms in total. The second kappa shape index (κ2) is 8.48. The van der Waals surface area contributed by atoms with Gasteiger partial charge in [-0.2, -0.15) is 0 Å². The fourth-order valence-corrected chi connectivity index (χ4v) is 4.94. The third kappa shape index (κ3) is 4.48. The van der Waals surface area contributed by atoms with Gasteiger partial charge in [0.05, 0.1) is 6.10 Å². The maximum absolute atomic E-state index is 9.78. The molecular weight excluding hydrogens is 284 g/mol. The summed E-state index contributed by atoms with van der Waals surface area (Å²) >= 11 is 0. The largest absolute Gasteiger partial charge is 0.393 e. The second-order valence-corrected chi connectivity index (χ2v) is 8.12. The van der Waals surface area contributed by atoms with Crippen molar-refractivity contribution in [1.82, 2.24) is 0 Å². The van der Waals surface area contributed by atoms with Crippen molar-refractivity contribution >= 4 is 0 Å². The number of aliphatic hydroxyl groups is 1. The molecule has 0 saturated heterocycles. The maximum atomic E-state index is 9.78. The van der Waals surface area contributed by atoms with Gasteiger partial charge in [0.2, 0.25) is 0 Å². The van der Waals surface area contributed by atoms with Crippen molar-refractivity contribution in [3.63, 3.8) is 0 Å². The molecule has 0 aromatic heterocycles. The van der Waals surface area contributed by atoms with Crippen LogP contribution in [-0.2, 0) is 4.74 Å². The van der Waals surface area contributed by atoms with E-state index in [9.17, 15) is 5.11 Å². The third-order valence-electron chi connectivity index (χ3n) is 6.50. The van der Waals surface area contributed by atoms with Gasteiger partial charge in [-0.25, -0.2) is 0 Å². The first-order valence-corrected chi connectivity index (χ1v) is 9.48. The Bertz CT molecular complexity index is 437. The minimum atomic E-state index is -0.0866. The Hall–Kier alpha value is -0.600. The summed E-state index contributed by atoms with van der Waals surface area (Å²) in [5.41, 5.74) is 3.74. The smallest absolute Gasteiger partial charge is 0.0577 e. The van der Waals surface area contributed by atoms with Crippen LogP contribution in [-0.4, -0.2) is 25.4 Å². The molecule has 0 aromatic carbocycles.